The maximum atomic E-state index is 4.21. The van der Waals surface area contributed by atoms with Crippen LogP contribution in [0.1, 0.15) is 25.3 Å². The van der Waals surface area contributed by atoms with Crippen LogP contribution in [0.25, 0.3) is 0 Å². The van der Waals surface area contributed by atoms with E-state index in [1.54, 1.807) is 6.20 Å². The second-order valence-electron chi connectivity index (χ2n) is 4.36. The van der Waals surface area contributed by atoms with Crippen LogP contribution in [0.5, 0.6) is 0 Å². The number of anilines is 2. The Kier molecular flexibility index (Phi) is 3.38. The van der Waals surface area contributed by atoms with Gasteiger partial charge in [0.1, 0.15) is 0 Å². The van der Waals surface area contributed by atoms with Crippen molar-refractivity contribution >= 4 is 11.4 Å². The molecule has 0 bridgehead atoms. The Balaban J connectivity index is 2.41. The molecule has 0 aliphatic heterocycles. The second kappa shape index (κ2) is 4.95. The van der Waals surface area contributed by atoms with Gasteiger partial charge in [0.2, 0.25) is 0 Å². The van der Waals surface area contributed by atoms with Crippen LogP contribution in [0.15, 0.2) is 43.0 Å². The lowest BCUT2D eigenvalue weighted by atomic mass is 10.0. The van der Waals surface area contributed by atoms with Crippen LogP contribution < -0.4 is 4.90 Å². The zero-order chi connectivity index (χ0) is 12.3. The molecule has 0 aromatic carbocycles. The zero-order valence-corrected chi connectivity index (χ0v) is 10.5. The molecule has 0 radical (unpaired) electrons. The van der Waals surface area contributed by atoms with Gasteiger partial charge >= 0.3 is 0 Å². The zero-order valence-electron chi connectivity index (χ0n) is 10.5. The predicted octanol–water partition coefficient (Wildman–Crippen LogP) is 3.37. The number of nitrogens with zero attached hydrogens (tertiary/aromatic N) is 3. The molecule has 0 unspecified atom stereocenters. The van der Waals surface area contributed by atoms with Crippen molar-refractivity contribution in [1.29, 1.82) is 0 Å². The van der Waals surface area contributed by atoms with Gasteiger partial charge in [0.25, 0.3) is 0 Å². The van der Waals surface area contributed by atoms with Gasteiger partial charge in [-0.2, -0.15) is 0 Å². The number of hydrogen-bond acceptors (Lipinski definition) is 3. The summed E-state index contributed by atoms with van der Waals surface area (Å²) in [6.45, 7) is 4.38. The molecule has 0 spiro atoms. The predicted molar refractivity (Wildman–Crippen MR) is 70.6 cm³/mol. The van der Waals surface area contributed by atoms with Gasteiger partial charge < -0.3 is 4.90 Å². The van der Waals surface area contributed by atoms with Crippen LogP contribution in [0.2, 0.25) is 0 Å². The third-order valence-corrected chi connectivity index (χ3v) is 2.85. The normalized spacial score (nSPS) is 10.6. The highest BCUT2D eigenvalue weighted by molar-refractivity contribution is 5.64. The third-order valence-electron chi connectivity index (χ3n) is 2.85. The van der Waals surface area contributed by atoms with Gasteiger partial charge in [-0.3, -0.25) is 9.97 Å². The van der Waals surface area contributed by atoms with Crippen LogP contribution in [-0.2, 0) is 0 Å². The Morgan fingerprint density at radius 3 is 2.47 bits per heavy atom. The van der Waals surface area contributed by atoms with Crippen molar-refractivity contribution in [3.63, 3.8) is 0 Å². The first-order valence-corrected chi connectivity index (χ1v) is 5.78. The van der Waals surface area contributed by atoms with Gasteiger partial charge in [0, 0.05) is 19.4 Å². The van der Waals surface area contributed by atoms with E-state index in [1.165, 1.54) is 5.56 Å². The summed E-state index contributed by atoms with van der Waals surface area (Å²) in [4.78, 5) is 10.5. The number of rotatable bonds is 3. The highest BCUT2D eigenvalue weighted by Gasteiger charge is 2.11. The van der Waals surface area contributed by atoms with Crippen molar-refractivity contribution in [3.05, 3.63) is 48.5 Å². The van der Waals surface area contributed by atoms with Crippen LogP contribution in [-0.4, -0.2) is 17.0 Å². The average molecular weight is 227 g/mol. The Morgan fingerprint density at radius 2 is 1.82 bits per heavy atom. The molecule has 0 aliphatic rings. The highest BCUT2D eigenvalue weighted by Crippen LogP contribution is 2.29. The van der Waals surface area contributed by atoms with Crippen LogP contribution in [0.4, 0.5) is 11.4 Å². The molecule has 17 heavy (non-hydrogen) atoms. The van der Waals surface area contributed by atoms with E-state index in [0.717, 1.165) is 11.4 Å². The largest absolute Gasteiger partial charge is 0.342 e. The minimum atomic E-state index is 0.479. The summed E-state index contributed by atoms with van der Waals surface area (Å²) in [6, 6.07) is 6.06. The van der Waals surface area contributed by atoms with Gasteiger partial charge in [-0.1, -0.05) is 13.8 Å². The molecule has 0 fully saturated rings. The molecule has 3 heteroatoms. The quantitative estimate of drug-likeness (QED) is 0.805. The second-order valence-corrected chi connectivity index (χ2v) is 4.36. The summed E-state index contributed by atoms with van der Waals surface area (Å²) in [7, 11) is 2.04. The summed E-state index contributed by atoms with van der Waals surface area (Å²) in [5, 5.41) is 0. The van der Waals surface area contributed by atoms with Crippen LogP contribution >= 0.6 is 0 Å². The molecule has 0 saturated carbocycles. The lowest BCUT2D eigenvalue weighted by Gasteiger charge is -2.23. The summed E-state index contributed by atoms with van der Waals surface area (Å²) in [5.74, 6) is 0.479. The van der Waals surface area contributed by atoms with Gasteiger partial charge in [-0.05, 0) is 29.7 Å². The smallest absolute Gasteiger partial charge is 0.0630 e. The topological polar surface area (TPSA) is 29.0 Å². The molecule has 88 valence electrons. The van der Waals surface area contributed by atoms with E-state index in [0.29, 0.717) is 5.92 Å². The molecule has 2 heterocycles. The standard InChI is InChI=1S/C14H17N3/c1-11(2)13-6-8-16-10-14(13)17(3)12-5-4-7-15-9-12/h4-11H,1-3H3. The van der Waals surface area contributed by atoms with Crippen molar-refractivity contribution in [2.24, 2.45) is 0 Å². The number of hydrogen-bond donors (Lipinski definition) is 0. The fourth-order valence-electron chi connectivity index (χ4n) is 1.86. The lowest BCUT2D eigenvalue weighted by Crippen LogP contribution is -2.12. The molecular formula is C14H17N3. The third kappa shape index (κ3) is 2.44. The van der Waals surface area contributed by atoms with Gasteiger partial charge in [0.15, 0.2) is 0 Å². The maximum Gasteiger partial charge on any atom is 0.0630 e. The number of aromatic nitrogens is 2. The molecule has 0 amide bonds. The van der Waals surface area contributed by atoms with E-state index in [4.69, 9.17) is 0 Å². The van der Waals surface area contributed by atoms with Gasteiger partial charge in [-0.25, -0.2) is 0 Å². The molecule has 0 N–H and O–H groups in total. The molecule has 2 rings (SSSR count). The monoisotopic (exact) mass is 227 g/mol. The summed E-state index contributed by atoms with van der Waals surface area (Å²) in [5.41, 5.74) is 3.50. The van der Waals surface area contributed by atoms with E-state index in [-0.39, 0.29) is 0 Å². The Bertz CT molecular complexity index is 480. The summed E-state index contributed by atoms with van der Waals surface area (Å²) >= 11 is 0. The van der Waals surface area contributed by atoms with Crippen molar-refractivity contribution in [2.75, 3.05) is 11.9 Å². The van der Waals surface area contributed by atoms with Crippen LogP contribution in [0, 0.1) is 0 Å². The first-order chi connectivity index (χ1) is 8.20. The molecule has 2 aromatic heterocycles. The minimum absolute atomic E-state index is 0.479. The molecular weight excluding hydrogens is 210 g/mol. The van der Waals surface area contributed by atoms with E-state index < -0.39 is 0 Å². The Morgan fingerprint density at radius 1 is 1.06 bits per heavy atom. The lowest BCUT2D eigenvalue weighted by molar-refractivity contribution is 0.858. The van der Waals surface area contributed by atoms with Crippen molar-refractivity contribution in [2.45, 2.75) is 19.8 Å². The van der Waals surface area contributed by atoms with Crippen molar-refractivity contribution < 1.29 is 0 Å². The minimum Gasteiger partial charge on any atom is -0.342 e. The summed E-state index contributed by atoms with van der Waals surface area (Å²) < 4.78 is 0. The van der Waals surface area contributed by atoms with Crippen LogP contribution in [0.3, 0.4) is 0 Å². The van der Waals surface area contributed by atoms with Gasteiger partial charge in [0.05, 0.1) is 23.8 Å². The van der Waals surface area contributed by atoms with E-state index >= 15 is 0 Å². The number of pyridine rings is 2. The first-order valence-electron chi connectivity index (χ1n) is 5.78. The SMILES string of the molecule is CC(C)c1ccncc1N(C)c1cccnc1. The van der Waals surface area contributed by atoms with Crippen molar-refractivity contribution in [1.82, 2.24) is 9.97 Å². The molecule has 3 nitrogen and oxygen atoms in total. The first kappa shape index (κ1) is 11.6. The molecule has 0 aliphatic carbocycles. The fraction of sp³-hybridized carbons (Fsp3) is 0.286. The molecule has 0 saturated heterocycles. The van der Waals surface area contributed by atoms with Gasteiger partial charge in [-0.15, -0.1) is 0 Å². The van der Waals surface area contributed by atoms with Crippen molar-refractivity contribution in [3.8, 4) is 0 Å². The summed E-state index contributed by atoms with van der Waals surface area (Å²) in [6.07, 6.45) is 7.39. The maximum absolute atomic E-state index is 4.21. The van der Waals surface area contributed by atoms with E-state index in [2.05, 4.69) is 34.8 Å². The fourth-order valence-corrected chi connectivity index (χ4v) is 1.86. The Hall–Kier alpha value is -1.90. The van der Waals surface area contributed by atoms with E-state index in [9.17, 15) is 0 Å². The highest BCUT2D eigenvalue weighted by atomic mass is 15.1. The van der Waals surface area contributed by atoms with E-state index in [1.807, 2.05) is 37.8 Å². The molecule has 0 atom stereocenters. The average Bonchev–Trinajstić information content (AvgIpc) is 2.39. The molecule has 2 aromatic rings. The Labute approximate surface area is 102 Å².